The lowest BCUT2D eigenvalue weighted by atomic mass is 10.1. The molecule has 96 valence electrons. The van der Waals surface area contributed by atoms with Crippen molar-refractivity contribution in [2.24, 2.45) is 0 Å². The second-order valence-corrected chi connectivity index (χ2v) is 6.59. The molecular formula is C15H18ClNS. The highest BCUT2D eigenvalue weighted by molar-refractivity contribution is 7.12. The van der Waals surface area contributed by atoms with Gasteiger partial charge in [0.15, 0.2) is 0 Å². The number of nitrogens with one attached hydrogen (secondary N) is 1. The smallest absolute Gasteiger partial charge is 0.0637 e. The Morgan fingerprint density at radius 2 is 1.89 bits per heavy atom. The van der Waals surface area contributed by atoms with Crippen molar-refractivity contribution in [3.05, 3.63) is 50.2 Å². The van der Waals surface area contributed by atoms with Crippen molar-refractivity contribution in [1.82, 2.24) is 0 Å². The molecule has 2 rings (SSSR count). The van der Waals surface area contributed by atoms with Crippen LogP contribution in [0.25, 0.3) is 0 Å². The molecule has 1 nitrogen and oxygen atoms in total. The predicted octanol–water partition coefficient (Wildman–Crippen LogP) is 5.50. The van der Waals surface area contributed by atoms with E-state index < -0.39 is 0 Å². The normalized spacial score (nSPS) is 12.5. The van der Waals surface area contributed by atoms with Crippen molar-refractivity contribution in [2.75, 3.05) is 5.32 Å². The lowest BCUT2D eigenvalue weighted by molar-refractivity contribution is 0.881. The summed E-state index contributed by atoms with van der Waals surface area (Å²) in [5.74, 6) is 0. The van der Waals surface area contributed by atoms with Gasteiger partial charge in [-0.05, 0) is 57.0 Å². The van der Waals surface area contributed by atoms with Crippen molar-refractivity contribution >= 4 is 28.6 Å². The molecule has 2 aromatic rings. The number of rotatable bonds is 3. The molecule has 0 bridgehead atoms. The Morgan fingerprint density at radius 1 is 1.17 bits per heavy atom. The summed E-state index contributed by atoms with van der Waals surface area (Å²) < 4.78 is 0. The van der Waals surface area contributed by atoms with Crippen molar-refractivity contribution in [3.63, 3.8) is 0 Å². The SMILES string of the molecule is Cc1ccc(Cl)c(NC(C)c2cc(C)sc2C)c1. The summed E-state index contributed by atoms with van der Waals surface area (Å²) >= 11 is 8.06. The highest BCUT2D eigenvalue weighted by atomic mass is 35.5. The Morgan fingerprint density at radius 3 is 2.50 bits per heavy atom. The van der Waals surface area contributed by atoms with Crippen LogP contribution >= 0.6 is 22.9 Å². The quantitative estimate of drug-likeness (QED) is 0.782. The Kier molecular flexibility index (Phi) is 3.98. The summed E-state index contributed by atoms with van der Waals surface area (Å²) in [6.07, 6.45) is 0. The molecule has 0 spiro atoms. The first-order valence-electron chi connectivity index (χ1n) is 6.07. The molecule has 1 heterocycles. The predicted molar refractivity (Wildman–Crippen MR) is 82.0 cm³/mol. The van der Waals surface area contributed by atoms with Crippen LogP contribution < -0.4 is 5.32 Å². The molecule has 0 saturated heterocycles. The van der Waals surface area contributed by atoms with Gasteiger partial charge in [0, 0.05) is 15.8 Å². The standard InChI is InChI=1S/C15H18ClNS/c1-9-5-6-14(16)15(7-9)17-11(3)13-8-10(2)18-12(13)4/h5-8,11,17H,1-4H3. The summed E-state index contributed by atoms with van der Waals surface area (Å²) in [5.41, 5.74) is 3.58. The third-order valence-corrected chi connectivity index (χ3v) is 4.35. The molecule has 0 aliphatic carbocycles. The van der Waals surface area contributed by atoms with Crippen LogP contribution in [0.3, 0.4) is 0 Å². The molecule has 1 N–H and O–H groups in total. The van der Waals surface area contributed by atoms with Gasteiger partial charge in [-0.3, -0.25) is 0 Å². The fourth-order valence-electron chi connectivity index (χ4n) is 2.14. The summed E-state index contributed by atoms with van der Waals surface area (Å²) in [6.45, 7) is 8.57. The van der Waals surface area contributed by atoms with Gasteiger partial charge in [-0.2, -0.15) is 0 Å². The first kappa shape index (κ1) is 13.4. The van der Waals surface area contributed by atoms with E-state index in [-0.39, 0.29) is 6.04 Å². The van der Waals surface area contributed by atoms with E-state index >= 15 is 0 Å². The first-order valence-corrected chi connectivity index (χ1v) is 7.26. The molecule has 0 amide bonds. The minimum Gasteiger partial charge on any atom is -0.377 e. The fraction of sp³-hybridized carbons (Fsp3) is 0.333. The average Bonchev–Trinajstić information content (AvgIpc) is 2.63. The van der Waals surface area contributed by atoms with Gasteiger partial charge in [-0.15, -0.1) is 11.3 Å². The van der Waals surface area contributed by atoms with Crippen LogP contribution in [-0.2, 0) is 0 Å². The first-order chi connectivity index (χ1) is 8.47. The fourth-order valence-corrected chi connectivity index (χ4v) is 3.34. The van der Waals surface area contributed by atoms with Gasteiger partial charge in [0.05, 0.1) is 10.7 Å². The van der Waals surface area contributed by atoms with Gasteiger partial charge in [-0.25, -0.2) is 0 Å². The van der Waals surface area contributed by atoms with E-state index in [1.165, 1.54) is 20.9 Å². The van der Waals surface area contributed by atoms with Gasteiger partial charge in [0.1, 0.15) is 0 Å². The number of hydrogen-bond acceptors (Lipinski definition) is 2. The molecule has 0 aliphatic heterocycles. The van der Waals surface area contributed by atoms with Crippen LogP contribution in [0.5, 0.6) is 0 Å². The molecule has 0 saturated carbocycles. The van der Waals surface area contributed by atoms with Gasteiger partial charge in [0.25, 0.3) is 0 Å². The van der Waals surface area contributed by atoms with Crippen LogP contribution in [0.4, 0.5) is 5.69 Å². The van der Waals surface area contributed by atoms with E-state index in [0.717, 1.165) is 10.7 Å². The van der Waals surface area contributed by atoms with Gasteiger partial charge >= 0.3 is 0 Å². The molecule has 1 atom stereocenters. The zero-order chi connectivity index (χ0) is 13.3. The highest BCUT2D eigenvalue weighted by Crippen LogP contribution is 2.31. The molecule has 18 heavy (non-hydrogen) atoms. The minimum absolute atomic E-state index is 0.272. The van der Waals surface area contributed by atoms with Crippen molar-refractivity contribution in [2.45, 2.75) is 33.7 Å². The van der Waals surface area contributed by atoms with E-state index in [4.69, 9.17) is 11.6 Å². The lowest BCUT2D eigenvalue weighted by Crippen LogP contribution is -2.07. The maximum Gasteiger partial charge on any atom is 0.0637 e. The van der Waals surface area contributed by atoms with Gasteiger partial charge in [-0.1, -0.05) is 17.7 Å². The van der Waals surface area contributed by atoms with E-state index in [0.29, 0.717) is 0 Å². The molecule has 0 fully saturated rings. The van der Waals surface area contributed by atoms with Crippen LogP contribution in [0.2, 0.25) is 5.02 Å². The summed E-state index contributed by atoms with van der Waals surface area (Å²) in [6, 6.07) is 8.58. The number of aryl methyl sites for hydroxylation is 3. The van der Waals surface area contributed by atoms with Gasteiger partial charge in [0.2, 0.25) is 0 Å². The van der Waals surface area contributed by atoms with Crippen LogP contribution in [0.1, 0.15) is 33.8 Å². The van der Waals surface area contributed by atoms with Crippen LogP contribution in [0.15, 0.2) is 24.3 Å². The van der Waals surface area contributed by atoms with Crippen LogP contribution in [-0.4, -0.2) is 0 Å². The number of benzene rings is 1. The largest absolute Gasteiger partial charge is 0.377 e. The average molecular weight is 280 g/mol. The summed E-state index contributed by atoms with van der Waals surface area (Å²) in [4.78, 5) is 2.72. The molecule has 3 heteroatoms. The van der Waals surface area contributed by atoms with Crippen molar-refractivity contribution in [1.29, 1.82) is 0 Å². The number of halogens is 1. The third-order valence-electron chi connectivity index (χ3n) is 3.04. The Bertz CT molecular complexity index is 560. The number of thiophene rings is 1. The zero-order valence-corrected chi connectivity index (χ0v) is 12.7. The van der Waals surface area contributed by atoms with E-state index in [1.54, 1.807) is 0 Å². The molecule has 0 radical (unpaired) electrons. The Balaban J connectivity index is 2.23. The van der Waals surface area contributed by atoms with Crippen LogP contribution in [0, 0.1) is 20.8 Å². The number of anilines is 1. The second kappa shape index (κ2) is 5.33. The maximum atomic E-state index is 6.21. The van der Waals surface area contributed by atoms with Crippen molar-refractivity contribution in [3.8, 4) is 0 Å². The van der Waals surface area contributed by atoms with E-state index in [1.807, 2.05) is 23.5 Å². The minimum atomic E-state index is 0.272. The topological polar surface area (TPSA) is 12.0 Å². The molecule has 1 aromatic heterocycles. The monoisotopic (exact) mass is 279 g/mol. The molecule has 1 aromatic carbocycles. The molecule has 1 unspecified atom stereocenters. The summed E-state index contributed by atoms with van der Waals surface area (Å²) in [7, 11) is 0. The highest BCUT2D eigenvalue weighted by Gasteiger charge is 2.12. The summed E-state index contributed by atoms with van der Waals surface area (Å²) in [5, 5.41) is 4.27. The maximum absolute atomic E-state index is 6.21. The third kappa shape index (κ3) is 2.88. The lowest BCUT2D eigenvalue weighted by Gasteiger charge is -2.17. The molecule has 0 aliphatic rings. The van der Waals surface area contributed by atoms with E-state index in [9.17, 15) is 0 Å². The second-order valence-electron chi connectivity index (χ2n) is 4.72. The molecular weight excluding hydrogens is 262 g/mol. The number of hydrogen-bond donors (Lipinski definition) is 1. The van der Waals surface area contributed by atoms with Crippen molar-refractivity contribution < 1.29 is 0 Å². The Labute approximate surface area is 118 Å². The van der Waals surface area contributed by atoms with E-state index in [2.05, 4.69) is 45.1 Å². The Hall–Kier alpha value is -0.990. The van der Waals surface area contributed by atoms with Gasteiger partial charge < -0.3 is 5.32 Å². The zero-order valence-electron chi connectivity index (χ0n) is 11.2.